The van der Waals surface area contributed by atoms with Crippen molar-refractivity contribution in [2.75, 3.05) is 17.9 Å². The van der Waals surface area contributed by atoms with Crippen molar-refractivity contribution < 1.29 is 9.53 Å². The van der Waals surface area contributed by atoms with Crippen LogP contribution in [0.3, 0.4) is 0 Å². The van der Waals surface area contributed by atoms with Gasteiger partial charge in [0.2, 0.25) is 11.1 Å². The van der Waals surface area contributed by atoms with Gasteiger partial charge in [-0.3, -0.25) is 4.79 Å². The first kappa shape index (κ1) is 19.8. The number of fused-ring (bicyclic) bond motifs is 1. The minimum Gasteiger partial charge on any atom is -0.496 e. The minimum absolute atomic E-state index is 0.102. The summed E-state index contributed by atoms with van der Waals surface area (Å²) in [5, 5.41) is 11.6. The van der Waals surface area contributed by atoms with Crippen LogP contribution in [0.2, 0.25) is 0 Å². The fourth-order valence-corrected chi connectivity index (χ4v) is 4.82. The van der Waals surface area contributed by atoms with Crippen LogP contribution in [0.4, 0.5) is 5.69 Å². The Hall–Kier alpha value is -2.52. The minimum atomic E-state index is -0.437. The van der Waals surface area contributed by atoms with Crippen molar-refractivity contribution in [2.45, 2.75) is 30.3 Å². The molecule has 0 spiro atoms. The number of methoxy groups -OCH3 is 1. The van der Waals surface area contributed by atoms with Crippen molar-refractivity contribution in [3.63, 3.8) is 0 Å². The summed E-state index contributed by atoms with van der Waals surface area (Å²) >= 11 is 4.93. The SMILES string of the molecule is COc1ccc([C@@H]2Nn3c(C)nnc3S[C@H]2C(=O)Nc2ccc(C)cc2)cc1Br. The average Bonchev–Trinajstić information content (AvgIpc) is 3.08. The van der Waals surface area contributed by atoms with Gasteiger partial charge in [0.15, 0.2) is 0 Å². The van der Waals surface area contributed by atoms with Crippen LogP contribution in [-0.4, -0.2) is 33.1 Å². The second kappa shape index (κ2) is 8.08. The van der Waals surface area contributed by atoms with Crippen molar-refractivity contribution in [1.29, 1.82) is 0 Å². The van der Waals surface area contributed by atoms with Crippen molar-refractivity contribution in [1.82, 2.24) is 14.9 Å². The Morgan fingerprint density at radius 2 is 1.97 bits per heavy atom. The number of carbonyl (C=O) groups is 1. The van der Waals surface area contributed by atoms with Crippen LogP contribution in [0.25, 0.3) is 0 Å². The topological polar surface area (TPSA) is 81.1 Å². The molecule has 0 bridgehead atoms. The van der Waals surface area contributed by atoms with E-state index in [1.54, 1.807) is 7.11 Å². The Balaban J connectivity index is 1.67. The quantitative estimate of drug-likeness (QED) is 0.594. The molecule has 1 aliphatic heterocycles. The largest absolute Gasteiger partial charge is 0.496 e. The lowest BCUT2D eigenvalue weighted by molar-refractivity contribution is -0.116. The van der Waals surface area contributed by atoms with Crippen molar-refractivity contribution in [2.24, 2.45) is 0 Å². The Bertz CT molecular complexity index is 1050. The molecule has 2 atom stereocenters. The van der Waals surface area contributed by atoms with Crippen LogP contribution in [-0.2, 0) is 4.79 Å². The molecule has 2 aromatic carbocycles. The van der Waals surface area contributed by atoms with Crippen LogP contribution < -0.4 is 15.5 Å². The van der Waals surface area contributed by atoms with E-state index in [2.05, 4.69) is 36.9 Å². The molecular formula is C20H20BrN5O2S. The predicted octanol–water partition coefficient (Wildman–Crippen LogP) is 4.06. The Morgan fingerprint density at radius 3 is 2.66 bits per heavy atom. The summed E-state index contributed by atoms with van der Waals surface area (Å²) in [6.07, 6.45) is 0. The number of rotatable bonds is 4. The maximum atomic E-state index is 13.2. The number of amides is 1. The van der Waals surface area contributed by atoms with Gasteiger partial charge in [-0.05, 0) is 59.6 Å². The van der Waals surface area contributed by atoms with Gasteiger partial charge in [0, 0.05) is 5.69 Å². The standard InChI is InChI=1S/C20H20BrN5O2S/c1-11-4-7-14(8-5-11)22-19(27)18-17(13-6-9-16(28-3)15(21)10-13)25-26-12(2)23-24-20(26)29-18/h4-10,17-18,25H,1-3H3,(H,22,27)/t17-,18+/m0/s1. The van der Waals surface area contributed by atoms with Crippen LogP contribution in [0.15, 0.2) is 52.1 Å². The number of hydrogen-bond donors (Lipinski definition) is 2. The van der Waals surface area contributed by atoms with Gasteiger partial charge >= 0.3 is 0 Å². The fraction of sp³-hybridized carbons (Fsp3) is 0.250. The highest BCUT2D eigenvalue weighted by Crippen LogP contribution is 2.39. The molecule has 1 aliphatic rings. The number of nitrogens with zero attached hydrogens (tertiary/aromatic N) is 3. The van der Waals surface area contributed by atoms with Gasteiger partial charge in [-0.15, -0.1) is 10.2 Å². The summed E-state index contributed by atoms with van der Waals surface area (Å²) in [5.74, 6) is 1.37. The predicted molar refractivity (Wildman–Crippen MR) is 117 cm³/mol. The number of benzene rings is 2. The third-order valence-electron chi connectivity index (χ3n) is 4.71. The van der Waals surface area contributed by atoms with E-state index < -0.39 is 5.25 Å². The number of nitrogens with one attached hydrogen (secondary N) is 2. The number of ether oxygens (including phenoxy) is 1. The Morgan fingerprint density at radius 1 is 1.21 bits per heavy atom. The van der Waals surface area contributed by atoms with Crippen molar-refractivity contribution in [3.8, 4) is 5.75 Å². The van der Waals surface area contributed by atoms with Gasteiger partial charge in [0.1, 0.15) is 16.8 Å². The summed E-state index contributed by atoms with van der Waals surface area (Å²) in [7, 11) is 1.62. The van der Waals surface area contributed by atoms with Crippen LogP contribution in [0.1, 0.15) is 23.0 Å². The van der Waals surface area contributed by atoms with Crippen LogP contribution in [0.5, 0.6) is 5.75 Å². The maximum Gasteiger partial charge on any atom is 0.240 e. The number of aromatic nitrogens is 3. The van der Waals surface area contributed by atoms with E-state index in [0.717, 1.165) is 32.9 Å². The van der Waals surface area contributed by atoms with Crippen LogP contribution in [0, 0.1) is 13.8 Å². The molecule has 0 saturated carbocycles. The van der Waals surface area contributed by atoms with E-state index in [-0.39, 0.29) is 11.9 Å². The molecule has 29 heavy (non-hydrogen) atoms. The van der Waals surface area contributed by atoms with E-state index in [1.165, 1.54) is 11.8 Å². The molecule has 9 heteroatoms. The third-order valence-corrected chi connectivity index (χ3v) is 6.55. The fourth-order valence-electron chi connectivity index (χ4n) is 3.14. The second-order valence-corrected chi connectivity index (χ2v) is 8.72. The number of anilines is 1. The van der Waals surface area contributed by atoms with Gasteiger partial charge in [0.25, 0.3) is 0 Å². The molecule has 2 heterocycles. The Labute approximate surface area is 181 Å². The molecule has 0 aliphatic carbocycles. The first-order valence-electron chi connectivity index (χ1n) is 9.02. The van der Waals surface area contributed by atoms with Gasteiger partial charge < -0.3 is 15.5 Å². The number of thioether (sulfide) groups is 1. The number of aryl methyl sites for hydroxylation is 2. The molecule has 0 saturated heterocycles. The average molecular weight is 474 g/mol. The summed E-state index contributed by atoms with van der Waals surface area (Å²) in [4.78, 5) is 13.2. The van der Waals surface area contributed by atoms with E-state index >= 15 is 0 Å². The lowest BCUT2D eigenvalue weighted by Crippen LogP contribution is -2.41. The summed E-state index contributed by atoms with van der Waals surface area (Å²) in [5.41, 5.74) is 6.26. The van der Waals surface area contributed by atoms with E-state index in [0.29, 0.717) is 5.16 Å². The molecule has 7 nitrogen and oxygen atoms in total. The smallest absolute Gasteiger partial charge is 0.240 e. The molecule has 0 radical (unpaired) electrons. The Kier molecular flexibility index (Phi) is 5.51. The molecular weight excluding hydrogens is 454 g/mol. The van der Waals surface area contributed by atoms with Gasteiger partial charge in [-0.1, -0.05) is 35.5 Å². The maximum absolute atomic E-state index is 13.2. The number of hydrogen-bond acceptors (Lipinski definition) is 6. The molecule has 0 fully saturated rings. The third kappa shape index (κ3) is 3.97. The molecule has 2 N–H and O–H groups in total. The zero-order valence-electron chi connectivity index (χ0n) is 16.1. The van der Waals surface area contributed by atoms with Crippen LogP contribution >= 0.6 is 27.7 Å². The zero-order chi connectivity index (χ0) is 20.5. The first-order valence-corrected chi connectivity index (χ1v) is 10.7. The van der Waals surface area contributed by atoms with Gasteiger partial charge in [-0.2, -0.15) is 0 Å². The lowest BCUT2D eigenvalue weighted by atomic mass is 10.0. The highest BCUT2D eigenvalue weighted by Gasteiger charge is 2.37. The molecule has 4 rings (SSSR count). The van der Waals surface area contributed by atoms with Gasteiger partial charge in [0.05, 0.1) is 17.6 Å². The van der Waals surface area contributed by atoms with Gasteiger partial charge in [-0.25, -0.2) is 4.68 Å². The van der Waals surface area contributed by atoms with E-state index in [9.17, 15) is 4.79 Å². The van der Waals surface area contributed by atoms with Crippen molar-refractivity contribution >= 4 is 39.3 Å². The van der Waals surface area contributed by atoms with E-state index in [4.69, 9.17) is 4.74 Å². The number of carbonyl (C=O) groups excluding carboxylic acids is 1. The molecule has 0 unspecified atom stereocenters. The molecule has 1 aromatic heterocycles. The van der Waals surface area contributed by atoms with Crippen molar-refractivity contribution in [3.05, 3.63) is 63.9 Å². The molecule has 1 amide bonds. The first-order chi connectivity index (χ1) is 14.0. The monoisotopic (exact) mass is 473 g/mol. The van der Waals surface area contributed by atoms with E-state index in [1.807, 2.05) is 61.0 Å². The summed E-state index contributed by atoms with van der Waals surface area (Å²) < 4.78 is 7.99. The zero-order valence-corrected chi connectivity index (χ0v) is 18.5. The number of halogens is 1. The summed E-state index contributed by atoms with van der Waals surface area (Å²) in [6, 6.07) is 13.3. The summed E-state index contributed by atoms with van der Waals surface area (Å²) in [6.45, 7) is 3.89. The normalized spacial score (nSPS) is 17.9. The highest BCUT2D eigenvalue weighted by atomic mass is 79.9. The molecule has 150 valence electrons. The molecule has 3 aromatic rings. The highest BCUT2D eigenvalue weighted by molar-refractivity contribution is 9.10. The second-order valence-electron chi connectivity index (χ2n) is 6.76. The lowest BCUT2D eigenvalue weighted by Gasteiger charge is -2.33.